The minimum Gasteiger partial charge on any atom is -0.497 e. The van der Waals surface area contributed by atoms with Gasteiger partial charge in [0, 0.05) is 28.6 Å². The van der Waals surface area contributed by atoms with Gasteiger partial charge in [-0.25, -0.2) is 9.38 Å². The van der Waals surface area contributed by atoms with Crippen LogP contribution in [-0.2, 0) is 5.54 Å². The third kappa shape index (κ3) is 2.11. The van der Waals surface area contributed by atoms with Crippen molar-refractivity contribution in [2.45, 2.75) is 12.0 Å². The van der Waals surface area contributed by atoms with Gasteiger partial charge < -0.3 is 20.9 Å². The lowest BCUT2D eigenvalue weighted by atomic mass is 9.78. The quantitative estimate of drug-likeness (QED) is 0.776. The maximum absolute atomic E-state index is 14.6. The van der Waals surface area contributed by atoms with Gasteiger partial charge in [-0.15, -0.1) is 0 Å². The van der Waals surface area contributed by atoms with Crippen LogP contribution in [0.3, 0.4) is 0 Å². The van der Waals surface area contributed by atoms with Gasteiger partial charge in [-0.05, 0) is 30.7 Å². The number of fused-ring (bicyclic) bond motifs is 4. The molecule has 0 saturated carbocycles. The molecule has 2 aliphatic rings. The first-order chi connectivity index (χ1) is 11.5. The van der Waals surface area contributed by atoms with E-state index in [2.05, 4.69) is 0 Å². The van der Waals surface area contributed by atoms with Crippen LogP contribution in [0, 0.1) is 5.82 Å². The van der Waals surface area contributed by atoms with Crippen LogP contribution >= 0.6 is 11.8 Å². The van der Waals surface area contributed by atoms with Gasteiger partial charge in [-0.1, -0.05) is 11.8 Å². The number of hydrogen-bond donors (Lipinski definition) is 2. The summed E-state index contributed by atoms with van der Waals surface area (Å²) in [6, 6.07) is 8.36. The number of amidine groups is 1. The van der Waals surface area contributed by atoms with Gasteiger partial charge in [-0.2, -0.15) is 0 Å². The largest absolute Gasteiger partial charge is 0.497 e. The number of nitrogens with zero attached hydrogens (tertiary/aromatic N) is 1. The molecule has 0 bridgehead atoms. The molecule has 0 aliphatic carbocycles. The Morgan fingerprint density at radius 3 is 2.83 bits per heavy atom. The van der Waals surface area contributed by atoms with Gasteiger partial charge in [0.15, 0.2) is 16.7 Å². The summed E-state index contributed by atoms with van der Waals surface area (Å²) >= 11 is 1.48. The fourth-order valence-corrected chi connectivity index (χ4v) is 4.11. The Balaban J connectivity index is 2.06. The number of aliphatic imine (C=N–C) groups is 1. The van der Waals surface area contributed by atoms with Crippen molar-refractivity contribution >= 4 is 22.6 Å². The van der Waals surface area contributed by atoms with Gasteiger partial charge in [0.2, 0.25) is 0 Å². The van der Waals surface area contributed by atoms with Crippen LogP contribution in [0.15, 0.2) is 35.3 Å². The molecule has 7 heteroatoms. The average Bonchev–Trinajstić information content (AvgIpc) is 2.56. The van der Waals surface area contributed by atoms with E-state index in [1.807, 2.05) is 6.07 Å². The van der Waals surface area contributed by atoms with Crippen LogP contribution in [0.5, 0.6) is 17.2 Å². The minimum absolute atomic E-state index is 0.163. The van der Waals surface area contributed by atoms with Crippen molar-refractivity contribution in [3.63, 3.8) is 0 Å². The Morgan fingerprint density at radius 1 is 1.25 bits per heavy atom. The highest BCUT2D eigenvalue weighted by molar-refractivity contribution is 8.13. The Hall–Kier alpha value is -2.41. The molecule has 0 amide bonds. The number of benzene rings is 2. The topological polar surface area (TPSA) is 82.9 Å². The first kappa shape index (κ1) is 15.1. The molecule has 1 spiro atoms. The van der Waals surface area contributed by atoms with Crippen LogP contribution in [0.2, 0.25) is 0 Å². The lowest BCUT2D eigenvalue weighted by Crippen LogP contribution is -2.35. The molecule has 0 saturated heterocycles. The molecule has 1 unspecified atom stereocenters. The molecule has 124 valence electrons. The molecular formula is C17H16FN3O2S. The number of methoxy groups -OCH3 is 1. The van der Waals surface area contributed by atoms with E-state index < -0.39 is 11.4 Å². The van der Waals surface area contributed by atoms with E-state index in [0.717, 1.165) is 11.3 Å². The van der Waals surface area contributed by atoms with Crippen molar-refractivity contribution in [3.8, 4) is 17.2 Å². The number of halogens is 1. The number of ether oxygens (including phenoxy) is 2. The highest BCUT2D eigenvalue weighted by Gasteiger charge is 2.45. The van der Waals surface area contributed by atoms with Crippen LogP contribution in [0.25, 0.3) is 0 Å². The SMILES string of the molecule is COc1cc(F)c2c(c1)C1(CCSC(N)=N1)c1cc(N)ccc1O2. The summed E-state index contributed by atoms with van der Waals surface area (Å²) < 4.78 is 25.7. The van der Waals surface area contributed by atoms with E-state index in [4.69, 9.17) is 25.9 Å². The Morgan fingerprint density at radius 2 is 2.08 bits per heavy atom. The fraction of sp³-hybridized carbons (Fsp3) is 0.235. The van der Waals surface area contributed by atoms with Gasteiger partial charge >= 0.3 is 0 Å². The maximum atomic E-state index is 14.6. The lowest BCUT2D eigenvalue weighted by molar-refractivity contribution is 0.359. The van der Waals surface area contributed by atoms with Gasteiger partial charge in [0.25, 0.3) is 0 Å². The number of nitrogen functional groups attached to an aromatic ring is 1. The summed E-state index contributed by atoms with van der Waals surface area (Å²) in [7, 11) is 1.50. The van der Waals surface area contributed by atoms with Crippen molar-refractivity contribution in [2.75, 3.05) is 18.6 Å². The van der Waals surface area contributed by atoms with E-state index in [-0.39, 0.29) is 5.75 Å². The van der Waals surface area contributed by atoms with Crippen molar-refractivity contribution in [1.29, 1.82) is 0 Å². The second-order valence-corrected chi connectivity index (χ2v) is 6.87. The maximum Gasteiger partial charge on any atom is 0.169 e. The second kappa shape index (κ2) is 5.31. The molecule has 2 aliphatic heterocycles. The van der Waals surface area contributed by atoms with Crippen molar-refractivity contribution < 1.29 is 13.9 Å². The Labute approximate surface area is 142 Å². The van der Waals surface area contributed by atoms with Crippen molar-refractivity contribution in [2.24, 2.45) is 10.7 Å². The monoisotopic (exact) mass is 345 g/mol. The molecule has 0 radical (unpaired) electrons. The van der Waals surface area contributed by atoms with Crippen molar-refractivity contribution in [3.05, 3.63) is 47.3 Å². The molecule has 2 aromatic carbocycles. The summed E-state index contributed by atoms with van der Waals surface area (Å²) in [5.74, 6) is 1.40. The summed E-state index contributed by atoms with van der Waals surface area (Å²) in [5.41, 5.74) is 13.2. The molecule has 24 heavy (non-hydrogen) atoms. The van der Waals surface area contributed by atoms with Gasteiger partial charge in [0.1, 0.15) is 17.0 Å². The predicted molar refractivity (Wildman–Crippen MR) is 93.4 cm³/mol. The van der Waals surface area contributed by atoms with E-state index in [0.29, 0.717) is 34.3 Å². The summed E-state index contributed by atoms with van der Waals surface area (Å²) in [6.07, 6.45) is 0.664. The fourth-order valence-electron chi connectivity index (χ4n) is 3.28. The molecule has 1 atom stereocenters. The zero-order valence-electron chi connectivity index (χ0n) is 13.0. The zero-order chi connectivity index (χ0) is 16.9. The smallest absolute Gasteiger partial charge is 0.169 e. The second-order valence-electron chi connectivity index (χ2n) is 5.75. The number of anilines is 1. The Kier molecular flexibility index (Phi) is 3.35. The number of rotatable bonds is 1. The highest BCUT2D eigenvalue weighted by atomic mass is 32.2. The van der Waals surface area contributed by atoms with E-state index in [1.165, 1.54) is 24.9 Å². The molecule has 2 heterocycles. The standard InChI is InChI=1S/C17H16FN3O2S/c1-22-10-7-12-15(13(18)8-10)23-14-3-2-9(19)6-11(14)17(12)4-5-24-16(20)21-17/h2-3,6-8H,4-5,19H2,1H3,(H2,20,21). The third-order valence-electron chi connectivity index (χ3n) is 4.37. The molecule has 2 aromatic rings. The summed E-state index contributed by atoms with van der Waals surface area (Å²) in [4.78, 5) is 4.71. The summed E-state index contributed by atoms with van der Waals surface area (Å²) in [6.45, 7) is 0. The van der Waals surface area contributed by atoms with Gasteiger partial charge in [-0.3, -0.25) is 0 Å². The van der Waals surface area contributed by atoms with Crippen molar-refractivity contribution in [1.82, 2.24) is 0 Å². The Bertz CT molecular complexity index is 871. The highest BCUT2D eigenvalue weighted by Crippen LogP contribution is 2.54. The lowest BCUT2D eigenvalue weighted by Gasteiger charge is -2.39. The van der Waals surface area contributed by atoms with Gasteiger partial charge in [0.05, 0.1) is 7.11 Å². The van der Waals surface area contributed by atoms with Crippen LogP contribution < -0.4 is 20.9 Å². The van der Waals surface area contributed by atoms with E-state index >= 15 is 0 Å². The van der Waals surface area contributed by atoms with E-state index in [9.17, 15) is 4.39 Å². The molecule has 5 nitrogen and oxygen atoms in total. The van der Waals surface area contributed by atoms with Crippen LogP contribution in [0.1, 0.15) is 17.5 Å². The average molecular weight is 345 g/mol. The van der Waals surface area contributed by atoms with Crippen LogP contribution in [0.4, 0.5) is 10.1 Å². The third-order valence-corrected chi connectivity index (χ3v) is 5.17. The van der Waals surface area contributed by atoms with Crippen LogP contribution in [-0.4, -0.2) is 18.0 Å². The normalized spacial score (nSPS) is 21.5. The zero-order valence-corrected chi connectivity index (χ0v) is 13.8. The number of thioether (sulfide) groups is 1. The molecule has 0 fully saturated rings. The van der Waals surface area contributed by atoms with E-state index in [1.54, 1.807) is 18.2 Å². The first-order valence-electron chi connectivity index (χ1n) is 7.47. The molecule has 4 rings (SSSR count). The first-order valence-corrected chi connectivity index (χ1v) is 8.46. The molecule has 0 aromatic heterocycles. The summed E-state index contributed by atoms with van der Waals surface area (Å²) in [5, 5.41) is 0.464. The minimum atomic E-state index is -0.816. The number of hydrogen-bond acceptors (Lipinski definition) is 6. The predicted octanol–water partition coefficient (Wildman–Crippen LogP) is 3.22. The number of nitrogens with two attached hydrogens (primary N) is 2. The molecular weight excluding hydrogens is 329 g/mol. The molecule has 4 N–H and O–H groups in total.